The van der Waals surface area contributed by atoms with Crippen molar-refractivity contribution in [2.24, 2.45) is 0 Å². The van der Waals surface area contributed by atoms with E-state index in [-0.39, 0.29) is 5.82 Å². The Hall–Kier alpha value is -0.870. The van der Waals surface area contributed by atoms with Gasteiger partial charge in [-0.05, 0) is 46.6 Å². The van der Waals surface area contributed by atoms with E-state index in [1.54, 1.807) is 24.3 Å². The van der Waals surface area contributed by atoms with E-state index in [4.69, 9.17) is 0 Å². The molecule has 16 heavy (non-hydrogen) atoms. The monoisotopic (exact) mass is 299 g/mol. The van der Waals surface area contributed by atoms with Crippen LogP contribution in [0.4, 0.5) is 10.1 Å². The van der Waals surface area contributed by atoms with Gasteiger partial charge < -0.3 is 5.32 Å². The quantitative estimate of drug-likeness (QED) is 0.875. The third-order valence-electron chi connectivity index (χ3n) is 2.26. The molecule has 0 bridgehead atoms. The van der Waals surface area contributed by atoms with Crippen LogP contribution in [0.2, 0.25) is 0 Å². The first kappa shape index (κ1) is 11.6. The summed E-state index contributed by atoms with van der Waals surface area (Å²) >= 11 is 5.08. The van der Waals surface area contributed by atoms with E-state index >= 15 is 0 Å². The van der Waals surface area contributed by atoms with E-state index in [0.29, 0.717) is 5.56 Å². The van der Waals surface area contributed by atoms with Crippen LogP contribution in [-0.2, 0) is 6.54 Å². The van der Waals surface area contributed by atoms with Crippen molar-refractivity contribution in [3.05, 3.63) is 50.4 Å². The van der Waals surface area contributed by atoms with Crippen LogP contribution in [0, 0.1) is 12.7 Å². The summed E-state index contributed by atoms with van der Waals surface area (Å²) < 4.78 is 14.4. The molecule has 1 aromatic heterocycles. The zero-order chi connectivity index (χ0) is 11.5. The largest absolute Gasteiger partial charge is 0.380 e. The van der Waals surface area contributed by atoms with Gasteiger partial charge in [-0.15, -0.1) is 11.3 Å². The number of benzene rings is 1. The number of hydrogen-bond donors (Lipinski definition) is 1. The average molecular weight is 300 g/mol. The Morgan fingerprint density at radius 2 is 2.19 bits per heavy atom. The highest BCUT2D eigenvalue weighted by Gasteiger charge is 2.00. The van der Waals surface area contributed by atoms with Crippen LogP contribution in [0.15, 0.2) is 34.1 Å². The number of hydrogen-bond acceptors (Lipinski definition) is 2. The van der Waals surface area contributed by atoms with Crippen molar-refractivity contribution in [3.8, 4) is 0 Å². The van der Waals surface area contributed by atoms with Gasteiger partial charge in [0.15, 0.2) is 0 Å². The highest BCUT2D eigenvalue weighted by atomic mass is 79.9. The van der Waals surface area contributed by atoms with Crippen LogP contribution in [0.25, 0.3) is 0 Å². The summed E-state index contributed by atoms with van der Waals surface area (Å²) in [4.78, 5) is 1.22. The van der Waals surface area contributed by atoms with Crippen LogP contribution in [-0.4, -0.2) is 0 Å². The molecule has 0 saturated carbocycles. The normalized spacial score (nSPS) is 10.4. The molecule has 2 rings (SSSR count). The Morgan fingerprint density at radius 3 is 2.81 bits per heavy atom. The summed E-state index contributed by atoms with van der Waals surface area (Å²) in [7, 11) is 0. The Balaban J connectivity index is 2.02. The van der Waals surface area contributed by atoms with Crippen LogP contribution in [0.1, 0.15) is 10.4 Å². The molecule has 0 spiro atoms. The first-order valence-corrected chi connectivity index (χ1v) is 6.55. The lowest BCUT2D eigenvalue weighted by Crippen LogP contribution is -1.98. The fourth-order valence-corrected chi connectivity index (χ4v) is 2.73. The van der Waals surface area contributed by atoms with Gasteiger partial charge in [-0.2, -0.15) is 0 Å². The number of halogens is 2. The third kappa shape index (κ3) is 2.83. The second kappa shape index (κ2) is 4.97. The van der Waals surface area contributed by atoms with Crippen molar-refractivity contribution in [1.29, 1.82) is 0 Å². The zero-order valence-corrected chi connectivity index (χ0v) is 11.2. The van der Waals surface area contributed by atoms with Crippen LogP contribution < -0.4 is 5.32 Å². The van der Waals surface area contributed by atoms with Crippen LogP contribution in [0.3, 0.4) is 0 Å². The van der Waals surface area contributed by atoms with Crippen LogP contribution in [0.5, 0.6) is 0 Å². The number of anilines is 1. The van der Waals surface area contributed by atoms with Gasteiger partial charge >= 0.3 is 0 Å². The summed E-state index contributed by atoms with van der Waals surface area (Å²) in [6.45, 7) is 2.48. The lowest BCUT2D eigenvalue weighted by Gasteiger charge is -2.05. The van der Waals surface area contributed by atoms with Crippen molar-refractivity contribution >= 4 is 33.0 Å². The smallest absolute Gasteiger partial charge is 0.128 e. The lowest BCUT2D eigenvalue weighted by molar-refractivity contribution is 0.619. The molecule has 0 radical (unpaired) electrons. The first-order valence-electron chi connectivity index (χ1n) is 4.88. The maximum absolute atomic E-state index is 13.3. The average Bonchev–Trinajstić information content (AvgIpc) is 2.66. The fraction of sp³-hybridized carbons (Fsp3) is 0.167. The number of thiophene rings is 1. The van der Waals surface area contributed by atoms with Crippen molar-refractivity contribution in [2.75, 3.05) is 5.32 Å². The molecule has 0 atom stereocenters. The van der Waals surface area contributed by atoms with E-state index in [2.05, 4.69) is 27.3 Å². The summed E-state index contributed by atoms with van der Waals surface area (Å²) in [6.07, 6.45) is 0. The van der Waals surface area contributed by atoms with Crippen molar-refractivity contribution in [3.63, 3.8) is 0 Å². The fourth-order valence-electron chi connectivity index (χ4n) is 1.34. The van der Waals surface area contributed by atoms with Gasteiger partial charge in [-0.25, -0.2) is 4.39 Å². The molecule has 1 aromatic carbocycles. The molecule has 1 heterocycles. The molecule has 1 nitrogen and oxygen atoms in total. The van der Waals surface area contributed by atoms with Gasteiger partial charge in [0.25, 0.3) is 0 Å². The Kier molecular flexibility index (Phi) is 3.61. The molecule has 2 aromatic rings. The Labute approximate surface area is 106 Å². The standard InChI is InChI=1S/C12H11BrFNS/c1-8-2-3-10(5-12(8)14)15-6-11-4-9(13)7-16-11/h2-5,7,15H,6H2,1H3. The predicted octanol–water partition coefficient (Wildman–Crippen LogP) is 4.57. The van der Waals surface area contributed by atoms with E-state index in [1.165, 1.54) is 10.9 Å². The topological polar surface area (TPSA) is 12.0 Å². The second-order valence-electron chi connectivity index (χ2n) is 3.55. The Bertz CT molecular complexity index is 496. The van der Waals surface area contributed by atoms with Gasteiger partial charge in [-0.3, -0.25) is 0 Å². The summed E-state index contributed by atoms with van der Waals surface area (Å²) in [5.41, 5.74) is 1.48. The molecule has 4 heteroatoms. The minimum atomic E-state index is -0.169. The summed E-state index contributed by atoms with van der Waals surface area (Å²) in [5, 5.41) is 5.23. The summed E-state index contributed by atoms with van der Waals surface area (Å²) in [5.74, 6) is -0.169. The van der Waals surface area contributed by atoms with Gasteiger partial charge in [-0.1, -0.05) is 6.07 Å². The van der Waals surface area contributed by atoms with E-state index in [1.807, 2.05) is 11.4 Å². The molecule has 0 aliphatic rings. The molecule has 84 valence electrons. The minimum absolute atomic E-state index is 0.169. The van der Waals surface area contributed by atoms with Gasteiger partial charge in [0.1, 0.15) is 5.82 Å². The minimum Gasteiger partial charge on any atom is -0.380 e. The van der Waals surface area contributed by atoms with Crippen molar-refractivity contribution in [1.82, 2.24) is 0 Å². The molecule has 0 unspecified atom stereocenters. The van der Waals surface area contributed by atoms with Gasteiger partial charge in [0.05, 0.1) is 0 Å². The van der Waals surface area contributed by atoms with E-state index < -0.39 is 0 Å². The SMILES string of the molecule is Cc1ccc(NCc2cc(Br)cs2)cc1F. The zero-order valence-electron chi connectivity index (χ0n) is 8.76. The predicted molar refractivity (Wildman–Crippen MR) is 70.5 cm³/mol. The molecule has 0 aliphatic carbocycles. The van der Waals surface area contributed by atoms with Crippen LogP contribution >= 0.6 is 27.3 Å². The number of aryl methyl sites for hydroxylation is 1. The molecular weight excluding hydrogens is 289 g/mol. The van der Waals surface area contributed by atoms with Crippen molar-refractivity contribution in [2.45, 2.75) is 13.5 Å². The number of rotatable bonds is 3. The number of nitrogens with one attached hydrogen (secondary N) is 1. The Morgan fingerprint density at radius 1 is 1.38 bits per heavy atom. The first-order chi connectivity index (χ1) is 7.65. The highest BCUT2D eigenvalue weighted by Crippen LogP contribution is 2.21. The summed E-state index contributed by atoms with van der Waals surface area (Å²) in [6, 6.07) is 7.25. The second-order valence-corrected chi connectivity index (χ2v) is 5.46. The highest BCUT2D eigenvalue weighted by molar-refractivity contribution is 9.10. The lowest BCUT2D eigenvalue weighted by atomic mass is 10.2. The van der Waals surface area contributed by atoms with Gasteiger partial charge in [0.2, 0.25) is 0 Å². The molecule has 0 fully saturated rings. The van der Waals surface area contributed by atoms with E-state index in [9.17, 15) is 4.39 Å². The molecule has 1 N–H and O–H groups in total. The molecule has 0 aliphatic heterocycles. The maximum atomic E-state index is 13.3. The molecular formula is C12H11BrFNS. The van der Waals surface area contributed by atoms with Gasteiger partial charge in [0, 0.05) is 27.0 Å². The van der Waals surface area contributed by atoms with Crippen molar-refractivity contribution < 1.29 is 4.39 Å². The maximum Gasteiger partial charge on any atom is 0.128 e. The third-order valence-corrected chi connectivity index (χ3v) is 3.96. The molecule has 0 amide bonds. The van der Waals surface area contributed by atoms with E-state index in [0.717, 1.165) is 16.7 Å². The molecule has 0 saturated heterocycles.